The van der Waals surface area contributed by atoms with E-state index >= 15 is 0 Å². The van der Waals surface area contributed by atoms with E-state index in [2.05, 4.69) is 10.3 Å². The lowest BCUT2D eigenvalue weighted by molar-refractivity contribution is -0.145. The van der Waals surface area contributed by atoms with Gasteiger partial charge in [0.2, 0.25) is 11.8 Å². The predicted molar refractivity (Wildman–Crippen MR) is 66.5 cm³/mol. The van der Waals surface area contributed by atoms with Crippen LogP contribution in [-0.4, -0.2) is 34.3 Å². The molecule has 1 aliphatic heterocycles. The van der Waals surface area contributed by atoms with Crippen molar-refractivity contribution >= 4 is 11.8 Å². The van der Waals surface area contributed by atoms with Crippen molar-refractivity contribution in [2.24, 2.45) is 0 Å². The molecule has 1 fully saturated rings. The second kappa shape index (κ2) is 5.62. The third-order valence-electron chi connectivity index (χ3n) is 2.98. The van der Waals surface area contributed by atoms with Gasteiger partial charge in [-0.3, -0.25) is 14.6 Å². The van der Waals surface area contributed by atoms with E-state index in [1.54, 1.807) is 17.3 Å². The van der Waals surface area contributed by atoms with Gasteiger partial charge in [0.1, 0.15) is 6.04 Å². The quantitative estimate of drug-likeness (QED) is 0.852. The topological polar surface area (TPSA) is 62.3 Å². The first-order valence-corrected chi connectivity index (χ1v) is 6.17. The van der Waals surface area contributed by atoms with Crippen LogP contribution in [0.25, 0.3) is 0 Å². The van der Waals surface area contributed by atoms with Gasteiger partial charge in [-0.1, -0.05) is 13.3 Å². The van der Waals surface area contributed by atoms with Crippen LogP contribution in [0.1, 0.15) is 25.3 Å². The van der Waals surface area contributed by atoms with Crippen molar-refractivity contribution in [3.63, 3.8) is 0 Å². The summed E-state index contributed by atoms with van der Waals surface area (Å²) in [6.07, 6.45) is 4.94. The van der Waals surface area contributed by atoms with Crippen LogP contribution in [0.15, 0.2) is 24.5 Å². The zero-order chi connectivity index (χ0) is 13.0. The SMILES string of the molecule is CCCC1NC(=O)CN(Cc2ccncc2)C1=O. The lowest BCUT2D eigenvalue weighted by Gasteiger charge is -2.32. The molecule has 0 radical (unpaired) electrons. The van der Waals surface area contributed by atoms with Crippen LogP contribution in [0, 0.1) is 0 Å². The van der Waals surface area contributed by atoms with Gasteiger partial charge in [0.05, 0.1) is 6.54 Å². The van der Waals surface area contributed by atoms with Crippen LogP contribution < -0.4 is 5.32 Å². The molecule has 5 nitrogen and oxygen atoms in total. The summed E-state index contributed by atoms with van der Waals surface area (Å²) in [5.41, 5.74) is 0.989. The smallest absolute Gasteiger partial charge is 0.245 e. The number of aromatic nitrogens is 1. The number of carbonyl (C=O) groups excluding carboxylic acids is 2. The van der Waals surface area contributed by atoms with Crippen LogP contribution in [-0.2, 0) is 16.1 Å². The fourth-order valence-electron chi connectivity index (χ4n) is 2.10. The highest BCUT2D eigenvalue weighted by molar-refractivity contribution is 5.94. The molecule has 1 aliphatic rings. The summed E-state index contributed by atoms with van der Waals surface area (Å²) >= 11 is 0. The molecule has 2 heterocycles. The molecule has 1 atom stereocenters. The number of rotatable bonds is 4. The van der Waals surface area contributed by atoms with Gasteiger partial charge in [-0.05, 0) is 24.1 Å². The largest absolute Gasteiger partial charge is 0.343 e. The minimum atomic E-state index is -0.363. The summed E-state index contributed by atoms with van der Waals surface area (Å²) in [7, 11) is 0. The Balaban J connectivity index is 2.07. The molecule has 1 saturated heterocycles. The molecule has 2 rings (SSSR count). The van der Waals surface area contributed by atoms with Gasteiger partial charge in [-0.25, -0.2) is 0 Å². The van der Waals surface area contributed by atoms with E-state index in [0.29, 0.717) is 13.0 Å². The molecule has 2 amide bonds. The molecule has 0 bridgehead atoms. The molecule has 18 heavy (non-hydrogen) atoms. The summed E-state index contributed by atoms with van der Waals surface area (Å²) in [4.78, 5) is 29.3. The van der Waals surface area contributed by atoms with Crippen LogP contribution >= 0.6 is 0 Å². The van der Waals surface area contributed by atoms with E-state index < -0.39 is 0 Å². The zero-order valence-electron chi connectivity index (χ0n) is 10.4. The Morgan fingerprint density at radius 1 is 1.39 bits per heavy atom. The van der Waals surface area contributed by atoms with E-state index in [4.69, 9.17) is 0 Å². The summed E-state index contributed by atoms with van der Waals surface area (Å²) < 4.78 is 0. The fourth-order valence-corrected chi connectivity index (χ4v) is 2.10. The first-order chi connectivity index (χ1) is 8.70. The van der Waals surface area contributed by atoms with Gasteiger partial charge in [0.25, 0.3) is 0 Å². The van der Waals surface area contributed by atoms with E-state index in [-0.39, 0.29) is 24.4 Å². The Labute approximate surface area is 106 Å². The number of hydrogen-bond donors (Lipinski definition) is 1. The van der Waals surface area contributed by atoms with Gasteiger partial charge in [0, 0.05) is 18.9 Å². The standard InChI is InChI=1S/C13H17N3O2/c1-2-3-11-13(18)16(9-12(17)15-11)8-10-4-6-14-7-5-10/h4-7,11H,2-3,8-9H2,1H3,(H,15,17). The second-order valence-corrected chi connectivity index (χ2v) is 4.46. The van der Waals surface area contributed by atoms with Crippen LogP contribution in [0.2, 0.25) is 0 Å². The fraction of sp³-hybridized carbons (Fsp3) is 0.462. The number of hydrogen-bond acceptors (Lipinski definition) is 3. The molecule has 1 N–H and O–H groups in total. The number of piperazine rings is 1. The lowest BCUT2D eigenvalue weighted by Crippen LogP contribution is -2.57. The van der Waals surface area contributed by atoms with E-state index in [1.807, 2.05) is 19.1 Å². The molecular formula is C13H17N3O2. The van der Waals surface area contributed by atoms with Crippen molar-refractivity contribution in [3.05, 3.63) is 30.1 Å². The number of nitrogens with one attached hydrogen (secondary N) is 1. The van der Waals surface area contributed by atoms with Crippen LogP contribution in [0.3, 0.4) is 0 Å². The van der Waals surface area contributed by atoms with E-state index in [9.17, 15) is 9.59 Å². The Morgan fingerprint density at radius 2 is 2.11 bits per heavy atom. The molecule has 1 unspecified atom stereocenters. The third-order valence-corrected chi connectivity index (χ3v) is 2.98. The first kappa shape index (κ1) is 12.5. The molecule has 1 aromatic heterocycles. The van der Waals surface area contributed by atoms with Gasteiger partial charge in [-0.15, -0.1) is 0 Å². The van der Waals surface area contributed by atoms with Gasteiger partial charge >= 0.3 is 0 Å². The highest BCUT2D eigenvalue weighted by Crippen LogP contribution is 2.11. The summed E-state index contributed by atoms with van der Waals surface area (Å²) in [6, 6.07) is 3.35. The summed E-state index contributed by atoms with van der Waals surface area (Å²) in [5.74, 6) is -0.0737. The maximum atomic E-state index is 12.2. The summed E-state index contributed by atoms with van der Waals surface area (Å²) in [5, 5.41) is 2.74. The minimum absolute atomic E-state index is 0.00765. The molecule has 0 aromatic carbocycles. The van der Waals surface area contributed by atoms with Crippen molar-refractivity contribution in [3.8, 4) is 0 Å². The minimum Gasteiger partial charge on any atom is -0.343 e. The highest BCUT2D eigenvalue weighted by atomic mass is 16.2. The number of amides is 2. The van der Waals surface area contributed by atoms with Crippen molar-refractivity contribution in [2.45, 2.75) is 32.4 Å². The van der Waals surface area contributed by atoms with Crippen molar-refractivity contribution in [2.75, 3.05) is 6.54 Å². The number of nitrogens with zero attached hydrogens (tertiary/aromatic N) is 2. The first-order valence-electron chi connectivity index (χ1n) is 6.17. The van der Waals surface area contributed by atoms with E-state index in [0.717, 1.165) is 12.0 Å². The lowest BCUT2D eigenvalue weighted by atomic mass is 10.1. The van der Waals surface area contributed by atoms with Crippen molar-refractivity contribution < 1.29 is 9.59 Å². The van der Waals surface area contributed by atoms with Crippen LogP contribution in [0.4, 0.5) is 0 Å². The summed E-state index contributed by atoms with van der Waals surface area (Å²) in [6.45, 7) is 2.61. The molecule has 0 saturated carbocycles. The molecular weight excluding hydrogens is 230 g/mol. The molecule has 0 spiro atoms. The Kier molecular flexibility index (Phi) is 3.92. The maximum absolute atomic E-state index is 12.2. The molecule has 96 valence electrons. The second-order valence-electron chi connectivity index (χ2n) is 4.46. The Hall–Kier alpha value is -1.91. The average Bonchev–Trinajstić information content (AvgIpc) is 2.36. The number of carbonyl (C=O) groups is 2. The molecule has 5 heteroatoms. The highest BCUT2D eigenvalue weighted by Gasteiger charge is 2.31. The van der Waals surface area contributed by atoms with Gasteiger partial charge in [0.15, 0.2) is 0 Å². The maximum Gasteiger partial charge on any atom is 0.245 e. The van der Waals surface area contributed by atoms with Crippen molar-refractivity contribution in [1.82, 2.24) is 15.2 Å². The normalized spacial score (nSPS) is 19.8. The van der Waals surface area contributed by atoms with Crippen LogP contribution in [0.5, 0.6) is 0 Å². The van der Waals surface area contributed by atoms with Gasteiger partial charge in [-0.2, -0.15) is 0 Å². The monoisotopic (exact) mass is 247 g/mol. The third kappa shape index (κ3) is 2.85. The zero-order valence-corrected chi connectivity index (χ0v) is 10.4. The molecule has 0 aliphatic carbocycles. The van der Waals surface area contributed by atoms with E-state index in [1.165, 1.54) is 0 Å². The number of pyridine rings is 1. The Bertz CT molecular complexity index is 433. The average molecular weight is 247 g/mol. The predicted octanol–water partition coefficient (Wildman–Crippen LogP) is 0.709. The van der Waals surface area contributed by atoms with Crippen molar-refractivity contribution in [1.29, 1.82) is 0 Å². The Morgan fingerprint density at radius 3 is 2.78 bits per heavy atom. The van der Waals surface area contributed by atoms with Gasteiger partial charge < -0.3 is 10.2 Å². The molecule has 1 aromatic rings.